The van der Waals surface area contributed by atoms with Gasteiger partial charge in [-0.1, -0.05) is 17.3 Å². The molecule has 4 nitrogen and oxygen atoms in total. The van der Waals surface area contributed by atoms with Crippen molar-refractivity contribution in [2.45, 2.75) is 26.8 Å². The smallest absolute Gasteiger partial charge is 0.151 e. The minimum absolute atomic E-state index is 0.211. The monoisotopic (exact) mass is 234 g/mol. The van der Waals surface area contributed by atoms with Gasteiger partial charge in [0.2, 0.25) is 0 Å². The molecule has 0 saturated heterocycles. The lowest BCUT2D eigenvalue weighted by Gasteiger charge is -2.07. The molecule has 90 valence electrons. The van der Waals surface area contributed by atoms with Gasteiger partial charge in [0.05, 0.1) is 5.69 Å². The maximum atomic E-state index is 14.0. The molecule has 1 unspecified atom stereocenters. The van der Waals surface area contributed by atoms with Gasteiger partial charge in [0.15, 0.2) is 5.82 Å². The van der Waals surface area contributed by atoms with Crippen molar-refractivity contribution in [2.24, 2.45) is 5.73 Å². The van der Waals surface area contributed by atoms with Gasteiger partial charge >= 0.3 is 0 Å². The first-order valence-electron chi connectivity index (χ1n) is 5.45. The quantitative estimate of drug-likeness (QED) is 0.865. The molecule has 0 radical (unpaired) electrons. The Labute approximate surface area is 99.2 Å². The summed E-state index contributed by atoms with van der Waals surface area (Å²) >= 11 is 0. The molecule has 1 aromatic carbocycles. The first kappa shape index (κ1) is 11.7. The van der Waals surface area contributed by atoms with Gasteiger partial charge in [-0.2, -0.15) is 0 Å². The Morgan fingerprint density at radius 1 is 1.35 bits per heavy atom. The minimum Gasteiger partial charge on any atom is -0.323 e. The normalized spacial score (nSPS) is 12.8. The van der Waals surface area contributed by atoms with Gasteiger partial charge in [0.25, 0.3) is 0 Å². The summed E-state index contributed by atoms with van der Waals surface area (Å²) in [5.74, 6) is -0.281. The Balaban J connectivity index is 2.58. The molecular weight excluding hydrogens is 219 g/mol. The maximum absolute atomic E-state index is 14.0. The maximum Gasteiger partial charge on any atom is 0.151 e. The standard InChI is InChI=1S/C12H15FN4/c1-7-5-4-6-10(11(7)13)17-9(3)12(8(2)14)15-16-17/h4-6,8H,14H2,1-3H3. The van der Waals surface area contributed by atoms with Gasteiger partial charge in [0.1, 0.15) is 11.4 Å². The van der Waals surface area contributed by atoms with Crippen molar-refractivity contribution in [3.05, 3.63) is 41.0 Å². The van der Waals surface area contributed by atoms with E-state index in [0.29, 0.717) is 16.9 Å². The third-order valence-corrected chi connectivity index (χ3v) is 2.76. The van der Waals surface area contributed by atoms with Crippen LogP contribution in [0, 0.1) is 19.7 Å². The number of hydrogen-bond donors (Lipinski definition) is 1. The summed E-state index contributed by atoms with van der Waals surface area (Å²) in [6.45, 7) is 5.38. The number of benzene rings is 1. The van der Waals surface area contributed by atoms with E-state index in [1.807, 2.05) is 13.8 Å². The molecule has 0 aliphatic rings. The Morgan fingerprint density at radius 3 is 2.65 bits per heavy atom. The van der Waals surface area contributed by atoms with E-state index in [4.69, 9.17) is 5.73 Å². The lowest BCUT2D eigenvalue weighted by atomic mass is 10.2. The van der Waals surface area contributed by atoms with Crippen LogP contribution in [-0.4, -0.2) is 15.0 Å². The number of nitrogens with two attached hydrogens (primary N) is 1. The van der Waals surface area contributed by atoms with Crippen LogP contribution in [0.25, 0.3) is 5.69 Å². The van der Waals surface area contributed by atoms with E-state index in [0.717, 1.165) is 5.69 Å². The van der Waals surface area contributed by atoms with Crippen LogP contribution in [0.2, 0.25) is 0 Å². The third-order valence-electron chi connectivity index (χ3n) is 2.76. The first-order valence-corrected chi connectivity index (χ1v) is 5.45. The SMILES string of the molecule is Cc1cccc(-n2nnc(C(C)N)c2C)c1F. The molecule has 0 spiro atoms. The molecule has 2 aromatic rings. The van der Waals surface area contributed by atoms with Crippen molar-refractivity contribution in [1.29, 1.82) is 0 Å². The Bertz CT molecular complexity index is 545. The molecule has 17 heavy (non-hydrogen) atoms. The van der Waals surface area contributed by atoms with Gasteiger partial charge in [-0.05, 0) is 32.4 Å². The molecule has 0 fully saturated rings. The molecule has 1 atom stereocenters. The molecular formula is C12H15FN4. The Kier molecular flexibility index (Phi) is 2.93. The average molecular weight is 234 g/mol. The van der Waals surface area contributed by atoms with Crippen molar-refractivity contribution in [3.8, 4) is 5.69 Å². The lowest BCUT2D eigenvalue weighted by Crippen LogP contribution is -2.08. The van der Waals surface area contributed by atoms with E-state index < -0.39 is 0 Å². The van der Waals surface area contributed by atoms with Crippen molar-refractivity contribution in [1.82, 2.24) is 15.0 Å². The largest absolute Gasteiger partial charge is 0.323 e. The molecule has 0 aliphatic heterocycles. The predicted octanol–water partition coefficient (Wildman–Crippen LogP) is 2.04. The van der Waals surface area contributed by atoms with Crippen molar-refractivity contribution in [3.63, 3.8) is 0 Å². The number of rotatable bonds is 2. The molecule has 0 bridgehead atoms. The summed E-state index contributed by atoms with van der Waals surface area (Å²) in [5, 5.41) is 7.94. The molecule has 1 aromatic heterocycles. The van der Waals surface area contributed by atoms with Gasteiger partial charge in [-0.15, -0.1) is 5.10 Å². The Hall–Kier alpha value is -1.75. The second-order valence-corrected chi connectivity index (χ2v) is 4.17. The topological polar surface area (TPSA) is 56.7 Å². The van der Waals surface area contributed by atoms with E-state index in [-0.39, 0.29) is 11.9 Å². The van der Waals surface area contributed by atoms with Crippen molar-refractivity contribution < 1.29 is 4.39 Å². The number of aromatic nitrogens is 3. The second kappa shape index (κ2) is 4.25. The van der Waals surface area contributed by atoms with Crippen LogP contribution >= 0.6 is 0 Å². The van der Waals surface area contributed by atoms with Gasteiger partial charge in [0, 0.05) is 6.04 Å². The fourth-order valence-electron chi connectivity index (χ4n) is 1.79. The van der Waals surface area contributed by atoms with Gasteiger partial charge in [-0.25, -0.2) is 9.07 Å². The van der Waals surface area contributed by atoms with E-state index in [1.165, 1.54) is 4.68 Å². The van der Waals surface area contributed by atoms with Crippen molar-refractivity contribution in [2.75, 3.05) is 0 Å². The molecule has 2 N–H and O–H groups in total. The van der Waals surface area contributed by atoms with Gasteiger partial charge in [-0.3, -0.25) is 0 Å². The molecule has 1 heterocycles. The third kappa shape index (κ3) is 1.93. The fourth-order valence-corrected chi connectivity index (χ4v) is 1.79. The molecule has 2 rings (SSSR count). The number of halogens is 1. The summed E-state index contributed by atoms with van der Waals surface area (Å²) in [7, 11) is 0. The summed E-state index contributed by atoms with van der Waals surface area (Å²) in [6, 6.07) is 4.98. The van der Waals surface area contributed by atoms with Crippen LogP contribution in [-0.2, 0) is 0 Å². The highest BCUT2D eigenvalue weighted by Gasteiger charge is 2.16. The average Bonchev–Trinajstić information content (AvgIpc) is 2.64. The minimum atomic E-state index is -0.281. The number of nitrogens with zero attached hydrogens (tertiary/aromatic N) is 3. The zero-order valence-electron chi connectivity index (χ0n) is 10.1. The van der Waals surface area contributed by atoms with Crippen LogP contribution < -0.4 is 5.73 Å². The van der Waals surface area contributed by atoms with Gasteiger partial charge < -0.3 is 5.73 Å². The molecule has 5 heteroatoms. The zero-order valence-corrected chi connectivity index (χ0v) is 10.1. The van der Waals surface area contributed by atoms with Crippen molar-refractivity contribution >= 4 is 0 Å². The summed E-state index contributed by atoms with van der Waals surface area (Å²) in [5.41, 5.74) is 8.21. The lowest BCUT2D eigenvalue weighted by molar-refractivity contribution is 0.596. The second-order valence-electron chi connectivity index (χ2n) is 4.17. The molecule has 0 aliphatic carbocycles. The predicted molar refractivity (Wildman–Crippen MR) is 63.4 cm³/mol. The highest BCUT2D eigenvalue weighted by Crippen LogP contribution is 2.20. The van der Waals surface area contributed by atoms with E-state index in [2.05, 4.69) is 10.3 Å². The fraction of sp³-hybridized carbons (Fsp3) is 0.333. The van der Waals surface area contributed by atoms with E-state index >= 15 is 0 Å². The zero-order chi connectivity index (χ0) is 12.6. The van der Waals surface area contributed by atoms with E-state index in [1.54, 1.807) is 25.1 Å². The number of hydrogen-bond acceptors (Lipinski definition) is 3. The summed E-state index contributed by atoms with van der Waals surface area (Å²) in [4.78, 5) is 0. The summed E-state index contributed by atoms with van der Waals surface area (Å²) < 4.78 is 15.4. The number of aryl methyl sites for hydroxylation is 1. The van der Waals surface area contributed by atoms with Crippen LogP contribution in [0.3, 0.4) is 0 Å². The first-order chi connectivity index (χ1) is 8.02. The van der Waals surface area contributed by atoms with Crippen LogP contribution in [0.4, 0.5) is 4.39 Å². The highest BCUT2D eigenvalue weighted by atomic mass is 19.1. The summed E-state index contributed by atoms with van der Waals surface area (Å²) in [6.07, 6.45) is 0. The highest BCUT2D eigenvalue weighted by molar-refractivity contribution is 5.38. The van der Waals surface area contributed by atoms with Crippen LogP contribution in [0.5, 0.6) is 0 Å². The van der Waals surface area contributed by atoms with Crippen LogP contribution in [0.1, 0.15) is 29.9 Å². The van der Waals surface area contributed by atoms with E-state index in [9.17, 15) is 4.39 Å². The Morgan fingerprint density at radius 2 is 2.06 bits per heavy atom. The molecule has 0 amide bonds. The van der Waals surface area contributed by atoms with Crippen LogP contribution in [0.15, 0.2) is 18.2 Å². The molecule has 0 saturated carbocycles.